The van der Waals surface area contributed by atoms with E-state index in [1.54, 1.807) is 6.07 Å². The van der Waals surface area contributed by atoms with Crippen LogP contribution < -0.4 is 10.6 Å². The van der Waals surface area contributed by atoms with Crippen LogP contribution in [0.4, 0.5) is 5.82 Å². The van der Waals surface area contributed by atoms with Gasteiger partial charge in [-0.25, -0.2) is 4.98 Å². The average Bonchev–Trinajstić information content (AvgIpc) is 2.50. The van der Waals surface area contributed by atoms with Crippen LogP contribution in [0, 0.1) is 6.92 Å². The zero-order valence-electron chi connectivity index (χ0n) is 11.8. The molecule has 0 fully saturated rings. The fraction of sp³-hybridized carbons (Fsp3) is 0.250. The molecule has 21 heavy (non-hydrogen) atoms. The summed E-state index contributed by atoms with van der Waals surface area (Å²) >= 11 is 0. The molecule has 0 bridgehead atoms. The molecule has 1 aliphatic heterocycles. The van der Waals surface area contributed by atoms with E-state index in [1.807, 2.05) is 25.1 Å². The van der Waals surface area contributed by atoms with E-state index in [1.165, 1.54) is 17.2 Å². The molecule has 5 nitrogen and oxygen atoms in total. The molecule has 0 saturated carbocycles. The van der Waals surface area contributed by atoms with Crippen molar-refractivity contribution < 1.29 is 9.90 Å². The molecule has 1 amide bonds. The van der Waals surface area contributed by atoms with E-state index in [2.05, 4.69) is 21.7 Å². The molecule has 0 unspecified atom stereocenters. The Kier molecular flexibility index (Phi) is 3.58. The standard InChI is InChI=1S/C16H17N3O2/c1-10-6-7-14(20)15(18-10)19-16(21)13-8-11-4-2-3-5-12(11)9-17-13/h2-7,13,17,20H,8-9H2,1H3,(H,18,19,21)/t13-/m0/s1. The van der Waals surface area contributed by atoms with Crippen LogP contribution in [0.2, 0.25) is 0 Å². The van der Waals surface area contributed by atoms with Gasteiger partial charge in [-0.15, -0.1) is 0 Å². The first-order valence-electron chi connectivity index (χ1n) is 6.91. The monoisotopic (exact) mass is 283 g/mol. The number of hydrogen-bond acceptors (Lipinski definition) is 4. The maximum Gasteiger partial charge on any atom is 0.243 e. The van der Waals surface area contributed by atoms with Crippen LogP contribution in [0.3, 0.4) is 0 Å². The normalized spacial score (nSPS) is 17.1. The van der Waals surface area contributed by atoms with Gasteiger partial charge in [0.1, 0.15) is 0 Å². The Bertz CT molecular complexity index is 685. The first-order valence-corrected chi connectivity index (χ1v) is 6.91. The van der Waals surface area contributed by atoms with Gasteiger partial charge in [0.15, 0.2) is 11.6 Å². The van der Waals surface area contributed by atoms with Crippen LogP contribution in [0.1, 0.15) is 16.8 Å². The van der Waals surface area contributed by atoms with E-state index >= 15 is 0 Å². The molecule has 3 rings (SSSR count). The number of carbonyl (C=O) groups is 1. The Hall–Kier alpha value is -2.40. The van der Waals surface area contributed by atoms with Crippen LogP contribution >= 0.6 is 0 Å². The first-order chi connectivity index (χ1) is 10.1. The van der Waals surface area contributed by atoms with Crippen molar-refractivity contribution >= 4 is 11.7 Å². The van der Waals surface area contributed by atoms with Gasteiger partial charge in [0, 0.05) is 12.2 Å². The molecule has 2 heterocycles. The summed E-state index contributed by atoms with van der Waals surface area (Å²) in [5.41, 5.74) is 3.14. The minimum atomic E-state index is -0.318. The van der Waals surface area contributed by atoms with E-state index in [4.69, 9.17) is 0 Å². The number of anilines is 1. The summed E-state index contributed by atoms with van der Waals surface area (Å²) in [5, 5.41) is 15.6. The molecule has 0 radical (unpaired) electrons. The van der Waals surface area contributed by atoms with E-state index < -0.39 is 0 Å². The fourth-order valence-electron chi connectivity index (χ4n) is 2.48. The van der Waals surface area contributed by atoms with Gasteiger partial charge in [0.2, 0.25) is 5.91 Å². The van der Waals surface area contributed by atoms with E-state index in [0.29, 0.717) is 13.0 Å². The summed E-state index contributed by atoms with van der Waals surface area (Å²) in [6.45, 7) is 2.48. The summed E-state index contributed by atoms with van der Waals surface area (Å²) in [4.78, 5) is 16.5. The van der Waals surface area contributed by atoms with Crippen LogP contribution in [-0.2, 0) is 17.8 Å². The lowest BCUT2D eigenvalue weighted by Crippen LogP contribution is -2.44. The third-order valence-corrected chi connectivity index (χ3v) is 3.65. The topological polar surface area (TPSA) is 74.2 Å². The second kappa shape index (κ2) is 5.54. The van der Waals surface area contributed by atoms with Crippen molar-refractivity contribution in [3.8, 4) is 5.75 Å². The number of nitrogens with zero attached hydrogens (tertiary/aromatic N) is 1. The minimum absolute atomic E-state index is 0.0230. The molecule has 1 aromatic carbocycles. The van der Waals surface area contributed by atoms with Gasteiger partial charge in [-0.2, -0.15) is 0 Å². The summed E-state index contributed by atoms with van der Waals surface area (Å²) in [5.74, 6) is 0.00345. The zero-order chi connectivity index (χ0) is 14.8. The van der Waals surface area contributed by atoms with Crippen LogP contribution in [0.15, 0.2) is 36.4 Å². The lowest BCUT2D eigenvalue weighted by Gasteiger charge is -2.25. The third-order valence-electron chi connectivity index (χ3n) is 3.65. The van der Waals surface area contributed by atoms with Crippen molar-refractivity contribution in [3.63, 3.8) is 0 Å². The minimum Gasteiger partial charge on any atom is -0.504 e. The summed E-state index contributed by atoms with van der Waals surface area (Å²) in [7, 11) is 0. The number of fused-ring (bicyclic) bond motifs is 1. The van der Waals surface area contributed by atoms with Crippen molar-refractivity contribution in [1.29, 1.82) is 0 Å². The molecule has 1 aliphatic rings. The smallest absolute Gasteiger partial charge is 0.243 e. The first kappa shape index (κ1) is 13.6. The number of amides is 1. The van der Waals surface area contributed by atoms with Crippen molar-refractivity contribution in [1.82, 2.24) is 10.3 Å². The van der Waals surface area contributed by atoms with Gasteiger partial charge in [0.25, 0.3) is 0 Å². The molecular formula is C16H17N3O2. The van der Waals surface area contributed by atoms with E-state index in [0.717, 1.165) is 5.69 Å². The van der Waals surface area contributed by atoms with E-state index in [9.17, 15) is 9.90 Å². The quantitative estimate of drug-likeness (QED) is 0.785. The van der Waals surface area contributed by atoms with Crippen molar-refractivity contribution in [2.75, 3.05) is 5.32 Å². The fourth-order valence-corrected chi connectivity index (χ4v) is 2.48. The Morgan fingerprint density at radius 2 is 2.05 bits per heavy atom. The van der Waals surface area contributed by atoms with Gasteiger partial charge in [0.05, 0.1) is 6.04 Å². The molecule has 1 aromatic heterocycles. The third kappa shape index (κ3) is 2.87. The van der Waals surface area contributed by atoms with Crippen molar-refractivity contribution in [2.24, 2.45) is 0 Å². The highest BCUT2D eigenvalue weighted by molar-refractivity contribution is 5.95. The lowest BCUT2D eigenvalue weighted by atomic mass is 9.95. The van der Waals surface area contributed by atoms with Gasteiger partial charge in [-0.05, 0) is 36.6 Å². The van der Waals surface area contributed by atoms with E-state index in [-0.39, 0.29) is 23.5 Å². The molecule has 0 aliphatic carbocycles. The molecule has 108 valence electrons. The van der Waals surface area contributed by atoms with Gasteiger partial charge < -0.3 is 15.7 Å². The number of aromatic hydroxyl groups is 1. The number of aryl methyl sites for hydroxylation is 1. The number of hydrogen-bond donors (Lipinski definition) is 3. The number of pyridine rings is 1. The molecule has 5 heteroatoms. The Labute approximate surface area is 123 Å². The second-order valence-electron chi connectivity index (χ2n) is 5.22. The summed E-state index contributed by atoms with van der Waals surface area (Å²) in [6, 6.07) is 11.0. The molecule has 0 saturated heterocycles. The number of nitrogens with one attached hydrogen (secondary N) is 2. The van der Waals surface area contributed by atoms with Crippen molar-refractivity contribution in [3.05, 3.63) is 53.2 Å². The number of benzene rings is 1. The molecule has 3 N–H and O–H groups in total. The largest absolute Gasteiger partial charge is 0.504 e. The van der Waals surface area contributed by atoms with Crippen LogP contribution in [-0.4, -0.2) is 22.0 Å². The maximum absolute atomic E-state index is 12.3. The highest BCUT2D eigenvalue weighted by Crippen LogP contribution is 2.22. The summed E-state index contributed by atoms with van der Waals surface area (Å²) in [6.07, 6.45) is 0.634. The van der Waals surface area contributed by atoms with Crippen LogP contribution in [0.25, 0.3) is 0 Å². The predicted molar refractivity (Wildman–Crippen MR) is 80.0 cm³/mol. The second-order valence-corrected chi connectivity index (χ2v) is 5.22. The SMILES string of the molecule is Cc1ccc(O)c(NC(=O)[C@@H]2Cc3ccccc3CN2)n1. The molecule has 2 aromatic rings. The zero-order valence-corrected chi connectivity index (χ0v) is 11.8. The molecular weight excluding hydrogens is 266 g/mol. The maximum atomic E-state index is 12.3. The Morgan fingerprint density at radius 3 is 2.86 bits per heavy atom. The predicted octanol–water partition coefficient (Wildman–Crippen LogP) is 1.75. The Morgan fingerprint density at radius 1 is 1.29 bits per heavy atom. The highest BCUT2D eigenvalue weighted by Gasteiger charge is 2.24. The lowest BCUT2D eigenvalue weighted by molar-refractivity contribution is -0.118. The van der Waals surface area contributed by atoms with Crippen LogP contribution in [0.5, 0.6) is 5.75 Å². The number of carbonyl (C=O) groups excluding carboxylic acids is 1. The van der Waals surface area contributed by atoms with Gasteiger partial charge >= 0.3 is 0 Å². The average molecular weight is 283 g/mol. The van der Waals surface area contributed by atoms with Gasteiger partial charge in [-0.3, -0.25) is 4.79 Å². The van der Waals surface area contributed by atoms with Gasteiger partial charge in [-0.1, -0.05) is 24.3 Å². The number of aromatic nitrogens is 1. The molecule has 0 spiro atoms. The number of rotatable bonds is 2. The van der Waals surface area contributed by atoms with Crippen molar-refractivity contribution in [2.45, 2.75) is 25.9 Å². The molecule has 1 atom stereocenters. The Balaban J connectivity index is 1.74. The highest BCUT2D eigenvalue weighted by atomic mass is 16.3. The summed E-state index contributed by atoms with van der Waals surface area (Å²) < 4.78 is 0.